The van der Waals surface area contributed by atoms with E-state index in [9.17, 15) is 14.4 Å². The first-order chi connectivity index (χ1) is 8.40. The standard InChI is InChI=1S/C10H12N2O3S3/c1-2-3-4-5-6(8(13)16)12(10(15)18)7(11-5)9(14)17/h2-4H2,1H3,(H,13,16)(H,14,17)(H,15,18). The largest absolute Gasteiger partial charge is 0.289 e. The first kappa shape index (κ1) is 15.3. The lowest BCUT2D eigenvalue weighted by molar-refractivity contribution is 0.107. The van der Waals surface area contributed by atoms with Gasteiger partial charge in [-0.3, -0.25) is 14.4 Å². The Morgan fingerprint density at radius 3 is 2.17 bits per heavy atom. The highest BCUT2D eigenvalue weighted by molar-refractivity contribution is 7.98. The molecule has 0 aliphatic heterocycles. The zero-order chi connectivity index (χ0) is 13.9. The molecular formula is C10H12N2O3S3. The number of hydrogen-bond acceptors (Lipinski definition) is 4. The molecule has 5 nitrogen and oxygen atoms in total. The topological polar surface area (TPSA) is 69.0 Å². The Morgan fingerprint density at radius 2 is 1.78 bits per heavy atom. The Balaban J connectivity index is 3.43. The molecule has 0 unspecified atom stereocenters. The van der Waals surface area contributed by atoms with Crippen LogP contribution in [0.25, 0.3) is 0 Å². The van der Waals surface area contributed by atoms with Crippen LogP contribution in [0.5, 0.6) is 0 Å². The molecule has 1 heterocycles. The van der Waals surface area contributed by atoms with E-state index in [1.54, 1.807) is 0 Å². The number of aromatic nitrogens is 2. The normalized spacial score (nSPS) is 10.4. The van der Waals surface area contributed by atoms with E-state index < -0.39 is 15.5 Å². The molecule has 1 aromatic rings. The van der Waals surface area contributed by atoms with Crippen LogP contribution in [-0.2, 0) is 6.42 Å². The van der Waals surface area contributed by atoms with E-state index in [1.807, 2.05) is 6.92 Å². The average Bonchev–Trinajstić information content (AvgIpc) is 2.65. The van der Waals surface area contributed by atoms with Gasteiger partial charge in [0.25, 0.3) is 10.4 Å². The minimum atomic E-state index is -0.764. The highest BCUT2D eigenvalue weighted by atomic mass is 32.1. The lowest BCUT2D eigenvalue weighted by Gasteiger charge is -2.03. The van der Waals surface area contributed by atoms with Crippen LogP contribution in [0.4, 0.5) is 4.79 Å². The van der Waals surface area contributed by atoms with Gasteiger partial charge in [-0.25, -0.2) is 9.55 Å². The quantitative estimate of drug-likeness (QED) is 0.730. The Hall–Kier alpha value is -0.730. The molecular weight excluding hydrogens is 292 g/mol. The van der Waals surface area contributed by atoms with Gasteiger partial charge in [-0.1, -0.05) is 51.2 Å². The third kappa shape index (κ3) is 3.18. The van der Waals surface area contributed by atoms with Gasteiger partial charge in [-0.2, -0.15) is 0 Å². The number of thiol groups is 3. The van der Waals surface area contributed by atoms with Crippen molar-refractivity contribution >= 4 is 53.4 Å². The Kier molecular flexibility index (Phi) is 5.48. The number of imidazole rings is 1. The Morgan fingerprint density at radius 1 is 1.17 bits per heavy atom. The van der Waals surface area contributed by atoms with Gasteiger partial charge in [-0.15, -0.1) is 0 Å². The van der Waals surface area contributed by atoms with Crippen LogP contribution < -0.4 is 0 Å². The Bertz CT molecular complexity index is 511. The van der Waals surface area contributed by atoms with Crippen molar-refractivity contribution < 1.29 is 14.4 Å². The van der Waals surface area contributed by atoms with Crippen LogP contribution >= 0.6 is 37.9 Å². The highest BCUT2D eigenvalue weighted by Crippen LogP contribution is 2.19. The first-order valence-corrected chi connectivity index (χ1v) is 6.55. The summed E-state index contributed by atoms with van der Waals surface area (Å²) in [5, 5.41) is -2.09. The molecule has 0 radical (unpaired) electrons. The van der Waals surface area contributed by atoms with Crippen molar-refractivity contribution in [3.05, 3.63) is 17.2 Å². The summed E-state index contributed by atoms with van der Waals surface area (Å²) in [4.78, 5) is 38.1. The van der Waals surface area contributed by atoms with Crippen molar-refractivity contribution in [1.29, 1.82) is 0 Å². The van der Waals surface area contributed by atoms with E-state index in [1.165, 1.54) is 0 Å². The molecule has 1 rings (SSSR count). The fourth-order valence-corrected chi connectivity index (χ4v) is 2.11. The second-order valence-corrected chi connectivity index (χ2v) is 4.76. The summed E-state index contributed by atoms with van der Waals surface area (Å²) in [7, 11) is 0. The number of aryl methyl sites for hydroxylation is 1. The van der Waals surface area contributed by atoms with Crippen LogP contribution in [0.15, 0.2) is 0 Å². The van der Waals surface area contributed by atoms with Crippen LogP contribution in [0.1, 0.15) is 46.6 Å². The molecule has 0 bridgehead atoms. The maximum Gasteiger partial charge on any atom is 0.289 e. The van der Waals surface area contributed by atoms with Crippen LogP contribution in [0, 0.1) is 0 Å². The summed E-state index contributed by atoms with van der Waals surface area (Å²) in [6.45, 7) is 1.98. The summed E-state index contributed by atoms with van der Waals surface area (Å²) in [5.41, 5.74) is 0.362. The first-order valence-electron chi connectivity index (χ1n) is 5.21. The smallest absolute Gasteiger partial charge is 0.280 e. The lowest BCUT2D eigenvalue weighted by Crippen LogP contribution is -2.15. The molecule has 0 aromatic carbocycles. The predicted octanol–water partition coefficient (Wildman–Crippen LogP) is 2.26. The number of nitrogens with zero attached hydrogens (tertiary/aromatic N) is 2. The summed E-state index contributed by atoms with van der Waals surface area (Å²) < 4.78 is 0.846. The number of carbonyl (C=O) groups is 3. The van der Waals surface area contributed by atoms with Gasteiger partial charge >= 0.3 is 0 Å². The molecule has 0 atom stereocenters. The monoisotopic (exact) mass is 304 g/mol. The molecule has 0 saturated heterocycles. The summed E-state index contributed by atoms with van der Waals surface area (Å²) in [5.74, 6) is -0.207. The van der Waals surface area contributed by atoms with E-state index in [0.29, 0.717) is 12.1 Å². The minimum absolute atomic E-state index is 0.0100. The third-order valence-electron chi connectivity index (χ3n) is 2.30. The van der Waals surface area contributed by atoms with Gasteiger partial charge in [-0.05, 0) is 12.8 Å². The van der Waals surface area contributed by atoms with E-state index in [0.717, 1.165) is 17.4 Å². The number of carbonyl (C=O) groups excluding carboxylic acids is 3. The third-order valence-corrected chi connectivity index (χ3v) is 2.91. The summed E-state index contributed by atoms with van der Waals surface area (Å²) >= 11 is 11.0. The molecule has 98 valence electrons. The Labute approximate surface area is 121 Å². The molecule has 0 aliphatic rings. The molecule has 0 amide bonds. The maximum atomic E-state index is 11.5. The van der Waals surface area contributed by atoms with E-state index in [4.69, 9.17) is 0 Å². The minimum Gasteiger partial charge on any atom is -0.280 e. The van der Waals surface area contributed by atoms with Gasteiger partial charge in [0.05, 0.1) is 5.69 Å². The molecule has 18 heavy (non-hydrogen) atoms. The van der Waals surface area contributed by atoms with E-state index in [-0.39, 0.29) is 11.5 Å². The summed E-state index contributed by atoms with van der Waals surface area (Å²) in [6.07, 6.45) is 2.17. The second-order valence-electron chi connectivity index (χ2n) is 3.56. The van der Waals surface area contributed by atoms with Crippen molar-refractivity contribution in [3.63, 3.8) is 0 Å². The van der Waals surface area contributed by atoms with E-state index >= 15 is 0 Å². The van der Waals surface area contributed by atoms with Gasteiger partial charge in [0, 0.05) is 0 Å². The van der Waals surface area contributed by atoms with Gasteiger partial charge in [0.2, 0.25) is 5.12 Å². The zero-order valence-electron chi connectivity index (χ0n) is 9.58. The van der Waals surface area contributed by atoms with Crippen molar-refractivity contribution in [2.24, 2.45) is 0 Å². The molecule has 0 saturated carbocycles. The maximum absolute atomic E-state index is 11.5. The van der Waals surface area contributed by atoms with Crippen molar-refractivity contribution in [3.8, 4) is 0 Å². The van der Waals surface area contributed by atoms with Crippen molar-refractivity contribution in [2.45, 2.75) is 26.2 Å². The van der Waals surface area contributed by atoms with Crippen molar-refractivity contribution in [2.75, 3.05) is 0 Å². The van der Waals surface area contributed by atoms with Crippen LogP contribution in [0.2, 0.25) is 0 Å². The van der Waals surface area contributed by atoms with Crippen LogP contribution in [-0.4, -0.2) is 25.0 Å². The average molecular weight is 304 g/mol. The molecule has 0 fully saturated rings. The lowest BCUT2D eigenvalue weighted by atomic mass is 10.2. The number of unbranched alkanes of at least 4 members (excludes halogenated alkanes) is 1. The number of hydrogen-bond donors (Lipinski definition) is 3. The van der Waals surface area contributed by atoms with Crippen LogP contribution in [0.3, 0.4) is 0 Å². The molecule has 0 N–H and O–H groups in total. The zero-order valence-corrected chi connectivity index (χ0v) is 12.3. The highest BCUT2D eigenvalue weighted by Gasteiger charge is 2.25. The van der Waals surface area contributed by atoms with Gasteiger partial charge in [0.1, 0.15) is 5.69 Å². The molecule has 0 spiro atoms. The molecule has 8 heteroatoms. The number of rotatable bonds is 5. The van der Waals surface area contributed by atoms with E-state index in [2.05, 4.69) is 42.9 Å². The SMILES string of the molecule is CCCCc1nc(C(=O)S)n(C(=O)S)c1C(=O)S. The molecule has 0 aliphatic carbocycles. The van der Waals surface area contributed by atoms with Gasteiger partial charge < -0.3 is 0 Å². The second kappa shape index (κ2) is 6.44. The fourth-order valence-electron chi connectivity index (χ4n) is 1.53. The molecule has 1 aromatic heterocycles. The fraction of sp³-hybridized carbons (Fsp3) is 0.400. The van der Waals surface area contributed by atoms with Crippen molar-refractivity contribution in [1.82, 2.24) is 9.55 Å². The predicted molar refractivity (Wildman–Crippen MR) is 77.3 cm³/mol. The summed E-state index contributed by atoms with van der Waals surface area (Å²) in [6, 6.07) is 0. The van der Waals surface area contributed by atoms with Gasteiger partial charge in [0.15, 0.2) is 5.82 Å².